The summed E-state index contributed by atoms with van der Waals surface area (Å²) < 4.78 is 1.73. The fraction of sp³-hybridized carbons (Fsp3) is 0.0833. The van der Waals surface area contributed by atoms with Crippen LogP contribution in [0.1, 0.15) is 0 Å². The Bertz CT molecular complexity index is 686. The van der Waals surface area contributed by atoms with E-state index in [2.05, 4.69) is 15.1 Å². The maximum Gasteiger partial charge on any atom is 0.152 e. The van der Waals surface area contributed by atoms with E-state index in [1.54, 1.807) is 10.9 Å². The minimum atomic E-state index is 0.423. The van der Waals surface area contributed by atoms with E-state index in [1.165, 1.54) is 0 Å². The summed E-state index contributed by atoms with van der Waals surface area (Å²) in [4.78, 5) is 8.88. The van der Waals surface area contributed by atoms with Crippen molar-refractivity contribution in [1.29, 1.82) is 0 Å². The first-order valence-electron chi connectivity index (χ1n) is 5.26. The van der Waals surface area contributed by atoms with Crippen molar-refractivity contribution in [2.75, 3.05) is 5.73 Å². The van der Waals surface area contributed by atoms with Crippen molar-refractivity contribution in [1.82, 2.24) is 19.7 Å². The highest BCUT2D eigenvalue weighted by molar-refractivity contribution is 5.81. The summed E-state index contributed by atoms with van der Waals surface area (Å²) in [5, 5.41) is 4.11. The van der Waals surface area contributed by atoms with Gasteiger partial charge in [0.25, 0.3) is 0 Å². The Morgan fingerprint density at radius 1 is 1.06 bits per heavy atom. The zero-order valence-electron chi connectivity index (χ0n) is 9.33. The molecule has 1 aromatic carbocycles. The van der Waals surface area contributed by atoms with Crippen LogP contribution in [0.4, 0.5) is 5.82 Å². The topological polar surface area (TPSA) is 69.6 Å². The number of nitrogens with two attached hydrogens (primary N) is 1. The Morgan fingerprint density at radius 2 is 1.76 bits per heavy atom. The Morgan fingerprint density at radius 3 is 2.41 bits per heavy atom. The Balaban J connectivity index is 2.30. The number of fused-ring (bicyclic) bond motifs is 1. The van der Waals surface area contributed by atoms with Gasteiger partial charge in [-0.1, -0.05) is 12.1 Å². The van der Waals surface area contributed by atoms with Gasteiger partial charge in [-0.05, 0) is 18.2 Å². The van der Waals surface area contributed by atoms with Gasteiger partial charge in [-0.2, -0.15) is 5.10 Å². The van der Waals surface area contributed by atoms with E-state index in [4.69, 9.17) is 5.73 Å². The van der Waals surface area contributed by atoms with Gasteiger partial charge in [0, 0.05) is 13.2 Å². The third-order valence-electron chi connectivity index (χ3n) is 2.66. The molecule has 2 N–H and O–H groups in total. The zero-order chi connectivity index (χ0) is 11.8. The minimum absolute atomic E-state index is 0.423. The average molecular weight is 225 g/mol. The van der Waals surface area contributed by atoms with Gasteiger partial charge in [-0.3, -0.25) is 4.68 Å². The molecule has 0 atom stereocenters. The smallest absolute Gasteiger partial charge is 0.152 e. The number of anilines is 1. The molecule has 84 valence electrons. The molecular weight excluding hydrogens is 214 g/mol. The van der Waals surface area contributed by atoms with Crippen LogP contribution in [0.25, 0.3) is 22.4 Å². The number of hydrogen-bond donors (Lipinski definition) is 1. The summed E-state index contributed by atoms with van der Waals surface area (Å²) in [6.07, 6.45) is 1.71. The predicted octanol–water partition coefficient (Wildman–Crippen LogP) is 1.61. The van der Waals surface area contributed by atoms with Crippen LogP contribution < -0.4 is 5.73 Å². The molecule has 0 aliphatic rings. The Labute approximate surface area is 97.9 Å². The predicted molar refractivity (Wildman–Crippen MR) is 66.2 cm³/mol. The average Bonchev–Trinajstić information content (AvgIpc) is 2.74. The summed E-state index contributed by atoms with van der Waals surface area (Å²) in [7, 11) is 1.85. The molecule has 5 heteroatoms. The third-order valence-corrected chi connectivity index (χ3v) is 2.66. The Hall–Kier alpha value is -2.43. The number of hydrogen-bond acceptors (Lipinski definition) is 4. The van der Waals surface area contributed by atoms with E-state index < -0.39 is 0 Å². The van der Waals surface area contributed by atoms with E-state index in [9.17, 15) is 0 Å². The molecule has 3 aromatic rings. The number of para-hydroxylation sites is 2. The molecule has 17 heavy (non-hydrogen) atoms. The first-order chi connectivity index (χ1) is 8.25. The second kappa shape index (κ2) is 3.55. The highest BCUT2D eigenvalue weighted by Gasteiger charge is 2.10. The Kier molecular flexibility index (Phi) is 2.04. The second-order valence-electron chi connectivity index (χ2n) is 3.79. The van der Waals surface area contributed by atoms with Gasteiger partial charge in [-0.15, -0.1) is 0 Å². The van der Waals surface area contributed by atoms with Crippen LogP contribution in [0.3, 0.4) is 0 Å². The summed E-state index contributed by atoms with van der Waals surface area (Å²) in [5.74, 6) is 0.423. The summed E-state index contributed by atoms with van der Waals surface area (Å²) >= 11 is 0. The fourth-order valence-electron chi connectivity index (χ4n) is 1.81. The van der Waals surface area contributed by atoms with Gasteiger partial charge in [0.2, 0.25) is 0 Å². The lowest BCUT2D eigenvalue weighted by Crippen LogP contribution is -2.02. The second-order valence-corrected chi connectivity index (χ2v) is 3.79. The summed E-state index contributed by atoms with van der Waals surface area (Å²) in [6.45, 7) is 0. The number of nitrogen functional groups attached to an aromatic ring is 1. The van der Waals surface area contributed by atoms with E-state index >= 15 is 0 Å². The van der Waals surface area contributed by atoms with Crippen molar-refractivity contribution in [2.45, 2.75) is 0 Å². The number of aromatic nitrogens is 4. The SMILES string of the molecule is Cn1nccc1-c1nc2ccccc2nc1N. The largest absolute Gasteiger partial charge is 0.382 e. The lowest BCUT2D eigenvalue weighted by Gasteiger charge is -2.06. The molecule has 2 heterocycles. The van der Waals surface area contributed by atoms with Gasteiger partial charge >= 0.3 is 0 Å². The molecule has 0 bridgehead atoms. The number of aryl methyl sites for hydroxylation is 1. The minimum Gasteiger partial charge on any atom is -0.382 e. The van der Waals surface area contributed by atoms with Gasteiger partial charge in [0.1, 0.15) is 5.69 Å². The van der Waals surface area contributed by atoms with Crippen molar-refractivity contribution in [3.05, 3.63) is 36.5 Å². The highest BCUT2D eigenvalue weighted by atomic mass is 15.3. The number of nitrogens with zero attached hydrogens (tertiary/aromatic N) is 4. The molecule has 0 aliphatic carbocycles. The fourth-order valence-corrected chi connectivity index (χ4v) is 1.81. The van der Waals surface area contributed by atoms with Gasteiger partial charge in [0.15, 0.2) is 5.82 Å². The van der Waals surface area contributed by atoms with Crippen LogP contribution in [0.15, 0.2) is 36.5 Å². The van der Waals surface area contributed by atoms with Crippen molar-refractivity contribution >= 4 is 16.9 Å². The number of rotatable bonds is 1. The first-order valence-corrected chi connectivity index (χ1v) is 5.26. The molecule has 3 rings (SSSR count). The zero-order valence-corrected chi connectivity index (χ0v) is 9.33. The molecule has 0 radical (unpaired) electrons. The number of benzene rings is 1. The van der Waals surface area contributed by atoms with Crippen LogP contribution in [0, 0.1) is 0 Å². The summed E-state index contributed by atoms with van der Waals surface area (Å²) in [6, 6.07) is 9.53. The quantitative estimate of drug-likeness (QED) is 0.683. The first kappa shape index (κ1) is 9.77. The van der Waals surface area contributed by atoms with Crippen LogP contribution in [0.5, 0.6) is 0 Å². The normalized spacial score (nSPS) is 10.9. The molecular formula is C12H11N5. The van der Waals surface area contributed by atoms with Crippen molar-refractivity contribution in [3.63, 3.8) is 0 Å². The van der Waals surface area contributed by atoms with E-state index in [0.29, 0.717) is 11.5 Å². The summed E-state index contributed by atoms with van der Waals surface area (Å²) in [5.41, 5.74) is 9.10. The van der Waals surface area contributed by atoms with Gasteiger partial charge in [-0.25, -0.2) is 9.97 Å². The highest BCUT2D eigenvalue weighted by Crippen LogP contribution is 2.23. The van der Waals surface area contributed by atoms with E-state index in [-0.39, 0.29) is 0 Å². The van der Waals surface area contributed by atoms with Crippen molar-refractivity contribution < 1.29 is 0 Å². The monoisotopic (exact) mass is 225 g/mol. The van der Waals surface area contributed by atoms with Crippen LogP contribution in [0.2, 0.25) is 0 Å². The van der Waals surface area contributed by atoms with E-state index in [1.807, 2.05) is 37.4 Å². The van der Waals surface area contributed by atoms with Crippen molar-refractivity contribution in [2.24, 2.45) is 7.05 Å². The lowest BCUT2D eigenvalue weighted by molar-refractivity contribution is 0.773. The standard InChI is InChI=1S/C12H11N5/c1-17-10(6-7-14-17)11-12(13)16-9-5-3-2-4-8(9)15-11/h2-7H,1H3,(H2,13,16). The maximum atomic E-state index is 5.93. The van der Waals surface area contributed by atoms with Crippen LogP contribution >= 0.6 is 0 Å². The molecule has 0 aliphatic heterocycles. The molecule has 0 saturated heterocycles. The van der Waals surface area contributed by atoms with E-state index in [0.717, 1.165) is 16.7 Å². The molecule has 0 unspecified atom stereocenters. The molecule has 0 saturated carbocycles. The lowest BCUT2D eigenvalue weighted by atomic mass is 10.2. The van der Waals surface area contributed by atoms with Gasteiger partial charge < -0.3 is 5.73 Å². The van der Waals surface area contributed by atoms with Gasteiger partial charge in [0.05, 0.1) is 16.7 Å². The van der Waals surface area contributed by atoms with Crippen LogP contribution in [-0.4, -0.2) is 19.7 Å². The molecule has 0 fully saturated rings. The van der Waals surface area contributed by atoms with Crippen molar-refractivity contribution in [3.8, 4) is 11.4 Å². The maximum absolute atomic E-state index is 5.93. The van der Waals surface area contributed by atoms with Crippen LogP contribution in [-0.2, 0) is 7.05 Å². The molecule has 0 amide bonds. The third kappa shape index (κ3) is 1.52. The molecule has 2 aromatic heterocycles. The molecule has 5 nitrogen and oxygen atoms in total. The molecule has 0 spiro atoms.